The standard InChI is InChI=1S/C11H19NO4S/c1-11-7-4-3-5-9(11)12(10(13)6-8-11)16-17(2,14)15/h9H,3-8H2,1-2H3/t9-,11-/m1/s1. The van der Waals surface area contributed by atoms with Crippen LogP contribution in [0.25, 0.3) is 0 Å². The van der Waals surface area contributed by atoms with Gasteiger partial charge >= 0.3 is 0 Å². The summed E-state index contributed by atoms with van der Waals surface area (Å²) in [6, 6.07) is -0.0905. The summed E-state index contributed by atoms with van der Waals surface area (Å²) in [7, 11) is -3.63. The first-order valence-corrected chi connectivity index (χ1v) is 7.85. The lowest BCUT2D eigenvalue weighted by atomic mass is 9.67. The first-order chi connectivity index (χ1) is 7.82. The summed E-state index contributed by atoms with van der Waals surface area (Å²) >= 11 is 0. The largest absolute Gasteiger partial charge is 0.285 e. The van der Waals surface area contributed by atoms with Gasteiger partial charge < -0.3 is 0 Å². The smallest absolute Gasteiger partial charge is 0.273 e. The lowest BCUT2D eigenvalue weighted by molar-refractivity contribution is -0.189. The molecule has 1 heterocycles. The van der Waals surface area contributed by atoms with Crippen LogP contribution in [-0.4, -0.2) is 31.7 Å². The molecule has 0 N–H and O–H groups in total. The molecule has 2 aliphatic rings. The molecule has 0 spiro atoms. The summed E-state index contributed by atoms with van der Waals surface area (Å²) in [5.41, 5.74) is 0.0108. The molecule has 1 aliphatic carbocycles. The van der Waals surface area contributed by atoms with E-state index in [9.17, 15) is 13.2 Å². The van der Waals surface area contributed by atoms with Crippen LogP contribution in [0.5, 0.6) is 0 Å². The Bertz CT molecular complexity index is 419. The van der Waals surface area contributed by atoms with Crippen molar-refractivity contribution in [1.29, 1.82) is 0 Å². The van der Waals surface area contributed by atoms with Gasteiger partial charge in [-0.1, -0.05) is 19.8 Å². The molecule has 5 nitrogen and oxygen atoms in total. The number of rotatable bonds is 2. The maximum absolute atomic E-state index is 11.8. The van der Waals surface area contributed by atoms with Crippen LogP contribution in [0.2, 0.25) is 0 Å². The van der Waals surface area contributed by atoms with Gasteiger partial charge in [-0.15, -0.1) is 4.28 Å². The number of piperidine rings is 1. The minimum atomic E-state index is -3.63. The first kappa shape index (κ1) is 12.8. The molecule has 2 rings (SSSR count). The van der Waals surface area contributed by atoms with Crippen molar-refractivity contribution < 1.29 is 17.5 Å². The third-order valence-corrected chi connectivity index (χ3v) is 4.37. The summed E-state index contributed by atoms with van der Waals surface area (Å²) in [5.74, 6) is -0.209. The Morgan fingerprint density at radius 1 is 1.35 bits per heavy atom. The molecule has 2 fully saturated rings. The van der Waals surface area contributed by atoms with Gasteiger partial charge in [0, 0.05) is 6.42 Å². The molecule has 1 saturated carbocycles. The fraction of sp³-hybridized carbons (Fsp3) is 0.909. The Hall–Kier alpha value is -0.620. The summed E-state index contributed by atoms with van der Waals surface area (Å²) in [5, 5.41) is 1.12. The Balaban J connectivity index is 2.24. The van der Waals surface area contributed by atoms with Crippen molar-refractivity contribution in [3.8, 4) is 0 Å². The van der Waals surface area contributed by atoms with Crippen molar-refractivity contribution >= 4 is 16.0 Å². The Morgan fingerprint density at radius 3 is 2.71 bits per heavy atom. The number of carbonyl (C=O) groups excluding carboxylic acids is 1. The first-order valence-electron chi connectivity index (χ1n) is 6.03. The molecule has 0 aromatic rings. The molecule has 1 amide bonds. The highest BCUT2D eigenvalue weighted by Gasteiger charge is 2.47. The van der Waals surface area contributed by atoms with E-state index in [2.05, 4.69) is 6.92 Å². The molecule has 6 heteroatoms. The molecular weight excluding hydrogens is 242 g/mol. The minimum absolute atomic E-state index is 0.0108. The SMILES string of the molecule is C[C@]12CCCC[C@H]1N(OS(C)(=O)=O)C(=O)CC2. The zero-order valence-electron chi connectivity index (χ0n) is 10.3. The average molecular weight is 261 g/mol. The van der Waals surface area contributed by atoms with Crippen LogP contribution in [-0.2, 0) is 19.2 Å². The van der Waals surface area contributed by atoms with Crippen molar-refractivity contribution in [1.82, 2.24) is 5.06 Å². The van der Waals surface area contributed by atoms with Gasteiger partial charge in [-0.2, -0.15) is 8.42 Å². The number of nitrogens with zero attached hydrogens (tertiary/aromatic N) is 1. The quantitative estimate of drug-likeness (QED) is 0.754. The van der Waals surface area contributed by atoms with Crippen molar-refractivity contribution in [2.24, 2.45) is 5.41 Å². The molecular formula is C11H19NO4S. The van der Waals surface area contributed by atoms with Crippen LogP contribution in [0.3, 0.4) is 0 Å². The van der Waals surface area contributed by atoms with Crippen LogP contribution in [0.1, 0.15) is 45.4 Å². The van der Waals surface area contributed by atoms with Crippen LogP contribution < -0.4 is 0 Å². The summed E-state index contributed by atoms with van der Waals surface area (Å²) in [6.45, 7) is 2.13. The highest BCUT2D eigenvalue weighted by atomic mass is 32.2. The molecule has 17 heavy (non-hydrogen) atoms. The van der Waals surface area contributed by atoms with E-state index in [0.717, 1.165) is 43.4 Å². The van der Waals surface area contributed by atoms with Crippen molar-refractivity contribution in [3.63, 3.8) is 0 Å². The molecule has 0 aromatic heterocycles. The summed E-state index contributed by atoms with van der Waals surface area (Å²) in [6.07, 6.45) is 6.23. The van der Waals surface area contributed by atoms with Gasteiger partial charge in [0.05, 0.1) is 12.3 Å². The number of hydroxylamine groups is 2. The van der Waals surface area contributed by atoms with E-state index in [-0.39, 0.29) is 17.4 Å². The molecule has 98 valence electrons. The predicted molar refractivity (Wildman–Crippen MR) is 62.4 cm³/mol. The molecule has 1 saturated heterocycles. The Labute approximate surface area is 102 Å². The number of hydrogen-bond acceptors (Lipinski definition) is 4. The lowest BCUT2D eigenvalue weighted by Gasteiger charge is -2.48. The van der Waals surface area contributed by atoms with E-state index in [0.29, 0.717) is 6.42 Å². The van der Waals surface area contributed by atoms with E-state index < -0.39 is 10.1 Å². The monoisotopic (exact) mass is 261 g/mol. The number of carbonyl (C=O) groups is 1. The van der Waals surface area contributed by atoms with E-state index >= 15 is 0 Å². The molecule has 0 radical (unpaired) electrons. The molecule has 0 aromatic carbocycles. The highest BCUT2D eigenvalue weighted by molar-refractivity contribution is 7.85. The fourth-order valence-electron chi connectivity index (χ4n) is 2.99. The van der Waals surface area contributed by atoms with Gasteiger partial charge in [0.25, 0.3) is 10.1 Å². The van der Waals surface area contributed by atoms with Gasteiger partial charge in [0.2, 0.25) is 5.91 Å². The summed E-state index contributed by atoms with van der Waals surface area (Å²) in [4.78, 5) is 11.8. The van der Waals surface area contributed by atoms with E-state index in [1.54, 1.807) is 0 Å². The minimum Gasteiger partial charge on any atom is -0.273 e. The van der Waals surface area contributed by atoms with E-state index in [4.69, 9.17) is 4.28 Å². The number of amides is 1. The fourth-order valence-corrected chi connectivity index (χ4v) is 3.47. The van der Waals surface area contributed by atoms with E-state index in [1.807, 2.05) is 0 Å². The predicted octanol–water partition coefficient (Wildman–Crippen LogP) is 1.45. The van der Waals surface area contributed by atoms with Crippen molar-refractivity contribution in [2.75, 3.05) is 6.26 Å². The second kappa shape index (κ2) is 4.24. The van der Waals surface area contributed by atoms with Gasteiger partial charge in [0.1, 0.15) is 0 Å². The zero-order valence-corrected chi connectivity index (χ0v) is 11.1. The third kappa shape index (κ3) is 2.63. The molecule has 2 atom stereocenters. The van der Waals surface area contributed by atoms with Crippen LogP contribution in [0.15, 0.2) is 0 Å². The van der Waals surface area contributed by atoms with Gasteiger partial charge in [-0.25, -0.2) is 5.06 Å². The van der Waals surface area contributed by atoms with Crippen LogP contribution in [0, 0.1) is 5.41 Å². The third-order valence-electron chi connectivity index (χ3n) is 3.93. The van der Waals surface area contributed by atoms with Gasteiger partial charge in [-0.05, 0) is 24.7 Å². The van der Waals surface area contributed by atoms with Gasteiger partial charge in [-0.3, -0.25) is 4.79 Å². The number of hydrogen-bond donors (Lipinski definition) is 0. The Kier molecular flexibility index (Phi) is 3.20. The highest BCUT2D eigenvalue weighted by Crippen LogP contribution is 2.46. The van der Waals surface area contributed by atoms with E-state index in [1.165, 1.54) is 0 Å². The maximum atomic E-state index is 11.8. The molecule has 1 aliphatic heterocycles. The van der Waals surface area contributed by atoms with Gasteiger partial charge in [0.15, 0.2) is 0 Å². The number of fused-ring (bicyclic) bond motifs is 1. The maximum Gasteiger partial charge on any atom is 0.285 e. The van der Waals surface area contributed by atoms with Crippen molar-refractivity contribution in [2.45, 2.75) is 51.5 Å². The van der Waals surface area contributed by atoms with Crippen LogP contribution in [0.4, 0.5) is 0 Å². The second-order valence-electron chi connectivity index (χ2n) is 5.41. The lowest BCUT2D eigenvalue weighted by Crippen LogP contribution is -2.55. The molecule has 0 unspecified atom stereocenters. The van der Waals surface area contributed by atoms with Crippen LogP contribution >= 0.6 is 0 Å². The normalized spacial score (nSPS) is 34.6. The Morgan fingerprint density at radius 2 is 2.06 bits per heavy atom. The van der Waals surface area contributed by atoms with Crippen molar-refractivity contribution in [3.05, 3.63) is 0 Å². The second-order valence-corrected chi connectivity index (χ2v) is 6.97. The zero-order chi connectivity index (χ0) is 12.7. The average Bonchev–Trinajstić information content (AvgIpc) is 2.21. The summed E-state index contributed by atoms with van der Waals surface area (Å²) < 4.78 is 27.3. The topological polar surface area (TPSA) is 63.7 Å². The molecule has 0 bridgehead atoms.